The predicted octanol–water partition coefficient (Wildman–Crippen LogP) is 3.83. The van der Waals surface area contributed by atoms with Crippen LogP contribution in [0.4, 0.5) is 5.69 Å². The van der Waals surface area contributed by atoms with Gasteiger partial charge in [-0.1, -0.05) is 29.5 Å². The zero-order chi connectivity index (χ0) is 16.3. The van der Waals surface area contributed by atoms with Crippen molar-refractivity contribution in [3.63, 3.8) is 0 Å². The van der Waals surface area contributed by atoms with Gasteiger partial charge in [-0.3, -0.25) is 4.79 Å². The molecule has 0 saturated heterocycles. The van der Waals surface area contributed by atoms with Gasteiger partial charge in [0, 0.05) is 11.4 Å². The quantitative estimate of drug-likeness (QED) is 0.688. The first-order chi connectivity index (χ1) is 10.4. The number of benzene rings is 1. The molecule has 0 saturated carbocycles. The summed E-state index contributed by atoms with van der Waals surface area (Å²) in [6.07, 6.45) is 1.52. The van der Waals surface area contributed by atoms with Crippen LogP contribution >= 0.6 is 11.8 Å². The Morgan fingerprint density at radius 2 is 1.73 bits per heavy atom. The molecule has 0 spiro atoms. The number of aryl methyl sites for hydroxylation is 4. The maximum Gasteiger partial charge on any atom is 0.237 e. The van der Waals surface area contributed by atoms with Crippen molar-refractivity contribution >= 4 is 23.4 Å². The SMILES string of the molecule is Cc1cc(C)c(NC(=O)[C@@H](C)Sc2cc(C)ncn2)c(C)c1. The fraction of sp³-hybridized carbons (Fsp3) is 0.353. The lowest BCUT2D eigenvalue weighted by atomic mass is 10.1. The second-order valence-corrected chi connectivity index (χ2v) is 6.88. The molecule has 0 fully saturated rings. The third kappa shape index (κ3) is 4.07. The topological polar surface area (TPSA) is 54.9 Å². The highest BCUT2D eigenvalue weighted by molar-refractivity contribution is 8.00. The van der Waals surface area contributed by atoms with Gasteiger partial charge in [-0.25, -0.2) is 9.97 Å². The second kappa shape index (κ2) is 6.92. The van der Waals surface area contributed by atoms with E-state index in [9.17, 15) is 4.79 Å². The summed E-state index contributed by atoms with van der Waals surface area (Å²) in [6.45, 7) is 9.88. The highest BCUT2D eigenvalue weighted by Crippen LogP contribution is 2.25. The number of rotatable bonds is 4. The van der Waals surface area contributed by atoms with Gasteiger partial charge >= 0.3 is 0 Å². The minimum atomic E-state index is -0.227. The van der Waals surface area contributed by atoms with Crippen molar-refractivity contribution in [2.75, 3.05) is 5.32 Å². The Hall–Kier alpha value is -1.88. The Bertz CT molecular complexity index is 677. The fourth-order valence-electron chi connectivity index (χ4n) is 2.33. The van der Waals surface area contributed by atoms with Gasteiger partial charge in [0.25, 0.3) is 0 Å². The standard InChI is InChI=1S/C17H21N3OS/c1-10-6-11(2)16(12(3)7-10)20-17(21)14(5)22-15-8-13(4)18-9-19-15/h6-9,14H,1-5H3,(H,20,21)/t14-/m1/s1. The predicted molar refractivity (Wildman–Crippen MR) is 91.4 cm³/mol. The molecule has 1 N–H and O–H groups in total. The minimum absolute atomic E-state index is 0.0173. The maximum absolute atomic E-state index is 12.4. The van der Waals surface area contributed by atoms with Crippen LogP contribution in [0.15, 0.2) is 29.6 Å². The van der Waals surface area contributed by atoms with Crippen molar-refractivity contribution in [2.45, 2.75) is 44.9 Å². The molecule has 1 heterocycles. The van der Waals surface area contributed by atoms with Crippen LogP contribution in [-0.2, 0) is 4.79 Å². The van der Waals surface area contributed by atoms with Gasteiger partial charge in [0.15, 0.2) is 0 Å². The van der Waals surface area contributed by atoms with Crippen molar-refractivity contribution in [1.82, 2.24) is 9.97 Å². The van der Waals surface area contributed by atoms with Crippen LogP contribution in [0.3, 0.4) is 0 Å². The smallest absolute Gasteiger partial charge is 0.237 e. The van der Waals surface area contributed by atoms with E-state index in [1.165, 1.54) is 23.7 Å². The summed E-state index contributed by atoms with van der Waals surface area (Å²) in [6, 6.07) is 6.04. The molecule has 0 aliphatic heterocycles. The number of nitrogens with one attached hydrogen (secondary N) is 1. The summed E-state index contributed by atoms with van der Waals surface area (Å²) in [4.78, 5) is 20.7. The molecule has 1 atom stereocenters. The molecular formula is C17H21N3OS. The number of aromatic nitrogens is 2. The van der Waals surface area contributed by atoms with E-state index in [-0.39, 0.29) is 11.2 Å². The monoisotopic (exact) mass is 315 g/mol. The van der Waals surface area contributed by atoms with E-state index in [0.29, 0.717) is 0 Å². The summed E-state index contributed by atoms with van der Waals surface area (Å²) < 4.78 is 0. The van der Waals surface area contributed by atoms with Crippen LogP contribution in [0.25, 0.3) is 0 Å². The van der Waals surface area contributed by atoms with Gasteiger partial charge in [0.05, 0.1) is 5.25 Å². The summed E-state index contributed by atoms with van der Waals surface area (Å²) in [7, 11) is 0. The molecular weight excluding hydrogens is 294 g/mol. The van der Waals surface area contributed by atoms with Crippen LogP contribution < -0.4 is 5.32 Å². The summed E-state index contributed by atoms with van der Waals surface area (Å²) in [5, 5.41) is 3.62. The summed E-state index contributed by atoms with van der Waals surface area (Å²) in [5.74, 6) is -0.0173. The Morgan fingerprint density at radius 1 is 1.09 bits per heavy atom. The molecule has 0 aliphatic carbocycles. The van der Waals surface area contributed by atoms with Crippen molar-refractivity contribution in [3.8, 4) is 0 Å². The number of amides is 1. The highest BCUT2D eigenvalue weighted by Gasteiger charge is 2.17. The fourth-order valence-corrected chi connectivity index (χ4v) is 3.21. The molecule has 0 radical (unpaired) electrons. The van der Waals surface area contributed by atoms with Crippen LogP contribution in [0.5, 0.6) is 0 Å². The van der Waals surface area contributed by atoms with Gasteiger partial charge in [0.1, 0.15) is 11.4 Å². The maximum atomic E-state index is 12.4. The van der Waals surface area contributed by atoms with E-state index >= 15 is 0 Å². The van der Waals surface area contributed by atoms with Gasteiger partial charge < -0.3 is 5.32 Å². The van der Waals surface area contributed by atoms with Crippen LogP contribution in [0.1, 0.15) is 29.3 Å². The van der Waals surface area contributed by atoms with Crippen LogP contribution in [0.2, 0.25) is 0 Å². The van der Waals surface area contributed by atoms with Gasteiger partial charge in [0.2, 0.25) is 5.91 Å². The third-order valence-corrected chi connectivity index (χ3v) is 4.40. The lowest BCUT2D eigenvalue weighted by Gasteiger charge is -2.16. The van der Waals surface area contributed by atoms with Crippen molar-refractivity contribution < 1.29 is 4.79 Å². The molecule has 0 unspecified atom stereocenters. The molecule has 5 heteroatoms. The van der Waals surface area contributed by atoms with E-state index in [1.54, 1.807) is 0 Å². The average Bonchev–Trinajstić information content (AvgIpc) is 2.42. The number of carbonyl (C=O) groups excluding carboxylic acids is 1. The number of anilines is 1. The second-order valence-electron chi connectivity index (χ2n) is 5.52. The molecule has 1 aromatic carbocycles. The molecule has 0 bridgehead atoms. The lowest BCUT2D eigenvalue weighted by Crippen LogP contribution is -2.23. The van der Waals surface area contributed by atoms with E-state index in [0.717, 1.165) is 27.5 Å². The van der Waals surface area contributed by atoms with Crippen molar-refractivity contribution in [1.29, 1.82) is 0 Å². The van der Waals surface area contributed by atoms with E-state index < -0.39 is 0 Å². The molecule has 0 aliphatic rings. The Balaban J connectivity index is 2.09. The number of carbonyl (C=O) groups is 1. The third-order valence-electron chi connectivity index (χ3n) is 3.37. The molecule has 22 heavy (non-hydrogen) atoms. The summed E-state index contributed by atoms with van der Waals surface area (Å²) >= 11 is 1.44. The Morgan fingerprint density at radius 3 is 2.32 bits per heavy atom. The molecule has 2 rings (SSSR count). The van der Waals surface area contributed by atoms with Gasteiger partial charge in [-0.2, -0.15) is 0 Å². The van der Waals surface area contributed by atoms with Crippen LogP contribution in [0, 0.1) is 27.7 Å². The Labute approximate surface area is 135 Å². The molecule has 2 aromatic rings. The average molecular weight is 315 g/mol. The molecule has 1 amide bonds. The Kier molecular flexibility index (Phi) is 5.19. The zero-order valence-electron chi connectivity index (χ0n) is 13.6. The summed E-state index contributed by atoms with van der Waals surface area (Å²) in [5.41, 5.74) is 5.17. The number of hydrogen-bond donors (Lipinski definition) is 1. The first-order valence-electron chi connectivity index (χ1n) is 7.21. The van der Waals surface area contributed by atoms with Crippen molar-refractivity contribution in [3.05, 3.63) is 46.9 Å². The van der Waals surface area contributed by atoms with E-state index in [4.69, 9.17) is 0 Å². The number of hydrogen-bond acceptors (Lipinski definition) is 4. The molecule has 4 nitrogen and oxygen atoms in total. The van der Waals surface area contributed by atoms with E-state index in [2.05, 4.69) is 34.3 Å². The first kappa shape index (κ1) is 16.5. The highest BCUT2D eigenvalue weighted by atomic mass is 32.2. The largest absolute Gasteiger partial charge is 0.325 e. The van der Waals surface area contributed by atoms with Gasteiger partial charge in [-0.05, 0) is 51.8 Å². The minimum Gasteiger partial charge on any atom is -0.325 e. The molecule has 116 valence electrons. The normalized spacial score (nSPS) is 12.0. The van der Waals surface area contributed by atoms with Crippen LogP contribution in [-0.4, -0.2) is 21.1 Å². The zero-order valence-corrected chi connectivity index (χ0v) is 14.4. The van der Waals surface area contributed by atoms with Gasteiger partial charge in [-0.15, -0.1) is 0 Å². The number of thioether (sulfide) groups is 1. The van der Waals surface area contributed by atoms with E-state index in [1.807, 2.05) is 33.8 Å². The lowest BCUT2D eigenvalue weighted by molar-refractivity contribution is -0.115. The van der Waals surface area contributed by atoms with Crippen molar-refractivity contribution in [2.24, 2.45) is 0 Å². The number of nitrogens with zero attached hydrogens (tertiary/aromatic N) is 2. The molecule has 1 aromatic heterocycles. The first-order valence-corrected chi connectivity index (χ1v) is 8.09.